The van der Waals surface area contributed by atoms with Crippen LogP contribution >= 0.6 is 0 Å². The molecule has 0 nitrogen and oxygen atoms in total. The normalized spacial score (nSPS) is 15.8. The second-order valence-electron chi connectivity index (χ2n) is 27.6. The maximum Gasteiger partial charge on any atom is -0.0354 e. The molecule has 0 aromatic carbocycles. The average molecular weight is 1100 g/mol. The van der Waals surface area contributed by atoms with Crippen LogP contribution in [-0.2, 0) is 0 Å². The van der Waals surface area contributed by atoms with Gasteiger partial charge in [-0.15, -0.1) is 0 Å². The molecule has 0 heterocycles. The predicted octanol–water partition coefficient (Wildman–Crippen LogP) is 31.3. The van der Waals surface area contributed by atoms with Crippen molar-refractivity contribution in [3.8, 4) is 0 Å². The van der Waals surface area contributed by atoms with E-state index in [-0.39, 0.29) is 0 Å². The quantitative estimate of drug-likeness (QED) is 0.161. The van der Waals surface area contributed by atoms with Gasteiger partial charge in [-0.3, -0.25) is 0 Å². The molecule has 2 atom stereocenters. The minimum atomic E-state index is 0.500. The molecular formula is C77H178. The van der Waals surface area contributed by atoms with E-state index < -0.39 is 0 Å². The molecule has 0 amide bonds. The zero-order valence-corrected chi connectivity index (χ0v) is 63.9. The Bertz CT molecular complexity index is 750. The van der Waals surface area contributed by atoms with E-state index in [1.54, 1.807) is 0 Å². The third kappa shape index (κ3) is 236. The van der Waals surface area contributed by atoms with Gasteiger partial charge < -0.3 is 0 Å². The van der Waals surface area contributed by atoms with Crippen LogP contribution in [0.4, 0.5) is 0 Å². The molecule has 5 rings (SSSR count). The molecule has 0 aromatic heterocycles. The predicted molar refractivity (Wildman–Crippen MR) is 380 cm³/mol. The molecule has 5 aliphatic carbocycles. The fraction of sp³-hybridized carbons (Fsp3) is 1.00. The summed E-state index contributed by atoms with van der Waals surface area (Å²) >= 11 is 0. The summed E-state index contributed by atoms with van der Waals surface area (Å²) in [6, 6.07) is 0. The molecule has 5 fully saturated rings. The van der Waals surface area contributed by atoms with E-state index in [4.69, 9.17) is 0 Å². The first-order valence-corrected chi connectivity index (χ1v) is 35.7. The smallest absolute Gasteiger partial charge is 0.0354 e. The van der Waals surface area contributed by atoms with E-state index in [9.17, 15) is 0 Å². The van der Waals surface area contributed by atoms with Gasteiger partial charge in [0.25, 0.3) is 0 Å². The van der Waals surface area contributed by atoms with Crippen LogP contribution in [0.1, 0.15) is 436 Å². The summed E-state index contributed by atoms with van der Waals surface area (Å²) in [4.78, 5) is 0. The highest BCUT2D eigenvalue weighted by atomic mass is 14.4. The van der Waals surface area contributed by atoms with Crippen molar-refractivity contribution in [2.45, 2.75) is 436 Å². The van der Waals surface area contributed by atoms with E-state index >= 15 is 0 Å². The molecule has 0 aliphatic heterocycles. The lowest BCUT2D eigenvalue weighted by Gasteiger charge is -2.18. The first kappa shape index (κ1) is 105. The Balaban J connectivity index is -0.0000000586. The van der Waals surface area contributed by atoms with E-state index in [2.05, 4.69) is 235 Å². The zero-order chi connectivity index (χ0) is 63.9. The highest BCUT2D eigenvalue weighted by Crippen LogP contribution is 2.43. The van der Waals surface area contributed by atoms with Crippen LogP contribution in [0.15, 0.2) is 0 Å². The van der Waals surface area contributed by atoms with Crippen LogP contribution in [0.3, 0.4) is 0 Å². The molecule has 0 aromatic rings. The summed E-state index contributed by atoms with van der Waals surface area (Å²) in [5, 5.41) is 0. The summed E-state index contributed by atoms with van der Waals surface area (Å²) in [7, 11) is 0. The van der Waals surface area contributed by atoms with Crippen molar-refractivity contribution < 1.29 is 0 Å². The van der Waals surface area contributed by atoms with Crippen LogP contribution in [-0.4, -0.2) is 0 Å². The molecular weight excluding hydrogens is 925 g/mol. The minimum Gasteiger partial charge on any atom is -0.0683 e. The van der Waals surface area contributed by atoms with Gasteiger partial charge >= 0.3 is 0 Å². The van der Waals surface area contributed by atoms with Gasteiger partial charge in [0.1, 0.15) is 0 Å². The first-order valence-electron chi connectivity index (χ1n) is 35.7. The van der Waals surface area contributed by atoms with E-state index in [0.717, 1.165) is 64.6 Å². The molecule has 0 N–H and O–H groups in total. The lowest BCUT2D eigenvalue weighted by atomic mass is 9.88. The van der Waals surface area contributed by atoms with Crippen LogP contribution < -0.4 is 0 Å². The molecule has 0 saturated heterocycles. The summed E-state index contributed by atoms with van der Waals surface area (Å²) in [5.74, 6) is 9.82. The van der Waals surface area contributed by atoms with Gasteiger partial charge in [0.05, 0.1) is 0 Å². The Morgan fingerprint density at radius 1 is 0.403 bits per heavy atom. The average Bonchev–Trinajstić information content (AvgIpc) is 4.17. The molecule has 1 unspecified atom stereocenters. The molecule has 5 aliphatic rings. The second kappa shape index (κ2) is 89.8. The first-order chi connectivity index (χ1) is 35.7. The Morgan fingerprint density at radius 3 is 0.649 bits per heavy atom. The second-order valence-corrected chi connectivity index (χ2v) is 27.6. The Kier molecular flexibility index (Phi) is 123. The monoisotopic (exact) mass is 1100 g/mol. The van der Waals surface area contributed by atoms with Gasteiger partial charge in [-0.1, -0.05) is 417 Å². The van der Waals surface area contributed by atoms with Gasteiger partial charge in [0.2, 0.25) is 0 Å². The van der Waals surface area contributed by atoms with Crippen molar-refractivity contribution in [2.75, 3.05) is 0 Å². The Labute approximate surface area is 504 Å². The molecule has 5 saturated carbocycles. The Hall–Kier alpha value is 0. The molecule has 0 spiro atoms. The maximum absolute atomic E-state index is 2.31. The fourth-order valence-corrected chi connectivity index (χ4v) is 3.78. The van der Waals surface area contributed by atoms with E-state index in [1.165, 1.54) is 173 Å². The van der Waals surface area contributed by atoms with Gasteiger partial charge in [0.15, 0.2) is 0 Å². The number of rotatable bonds is 13. The van der Waals surface area contributed by atoms with Crippen LogP contribution in [0.25, 0.3) is 0 Å². The highest BCUT2D eigenvalue weighted by Gasteiger charge is 2.30. The standard InChI is InChI=1S/3C6H14.4C5H10.4C5H12.C4H8.2C4H10.C3H8.2C2H6/c1-4-5-6(2)3;1-4-6(3)5-2;1-3-5-6-4-2;1-5(2)3-4-5;1-4-3-5(4)2;1-5-3-2-4-5;1-2-5-3-4-5;1-5(2,3)4;2*1-4-5(2)3;1-3-5-4-2;1-4-2-3-4;1-4(2)3;1-3-4-2;1-3-2;2*1-2/h2*6H,4-5H2,1-3H3;3-6H2,1-2H3;3-4H2,1-2H3;4-5H,3H2,1-2H3;2*5H,2-4H2,1H3;1-4H3;2*5H,4H2,1-3H3;3-5H2,1-2H3;4H,2-3H2,1H3;4H,1-3H3;3-4H2,1-2H3;3H2,1-2H3;2*1-2H3/t;;;;4-,5?;;;;;;;;;;;;/m....1............/s1. The van der Waals surface area contributed by atoms with Crippen molar-refractivity contribution in [1.82, 2.24) is 0 Å². The topological polar surface area (TPSA) is 0 Å². The molecule has 0 heteroatoms. The molecule has 0 bridgehead atoms. The summed E-state index contributed by atoms with van der Waals surface area (Å²) in [6.07, 6.45) is 37.7. The largest absolute Gasteiger partial charge is 0.0683 e. The third-order valence-electron chi connectivity index (χ3n) is 12.4. The third-order valence-corrected chi connectivity index (χ3v) is 12.4. The van der Waals surface area contributed by atoms with Crippen molar-refractivity contribution in [2.24, 2.45) is 70.0 Å². The van der Waals surface area contributed by atoms with Gasteiger partial charge in [-0.25, -0.2) is 0 Å². The van der Waals surface area contributed by atoms with Crippen molar-refractivity contribution >= 4 is 0 Å². The Morgan fingerprint density at radius 2 is 0.636 bits per heavy atom. The molecule has 486 valence electrons. The zero-order valence-electron chi connectivity index (χ0n) is 63.9. The summed E-state index contributed by atoms with van der Waals surface area (Å²) in [6.45, 7) is 83.5. The fourth-order valence-electron chi connectivity index (χ4n) is 3.78. The highest BCUT2D eigenvalue weighted by molar-refractivity contribution is 4.82. The van der Waals surface area contributed by atoms with Crippen molar-refractivity contribution in [1.29, 1.82) is 0 Å². The van der Waals surface area contributed by atoms with Crippen molar-refractivity contribution in [3.63, 3.8) is 0 Å². The summed E-state index contributed by atoms with van der Waals surface area (Å²) < 4.78 is 0. The SMILES string of the molecule is CC.CC.CC(C)(C)C.CC(C)C.CC1(C)CC1.CC1CC1.CC1CCC1.CC1C[C@H]1C.CCC.CCC(C)C.CCC(C)C.CCC(C)CC.CCC1CC1.CCCC.CCCC(C)C.CCCCC.CCCCCC. The summed E-state index contributed by atoms with van der Waals surface area (Å²) in [5.41, 5.74) is 1.25. The molecule has 0 radical (unpaired) electrons. The van der Waals surface area contributed by atoms with Crippen LogP contribution in [0, 0.1) is 70.0 Å². The molecule has 77 heavy (non-hydrogen) atoms. The number of hydrogen-bond acceptors (Lipinski definition) is 0. The number of unbranched alkanes of at least 4 members (excludes halogenated alkanes) is 6. The number of hydrogen-bond donors (Lipinski definition) is 0. The van der Waals surface area contributed by atoms with E-state index in [0.29, 0.717) is 5.41 Å². The van der Waals surface area contributed by atoms with E-state index in [1.807, 2.05) is 27.7 Å². The van der Waals surface area contributed by atoms with Gasteiger partial charge in [-0.05, 0) is 89.3 Å². The maximum atomic E-state index is 2.31. The lowest BCUT2D eigenvalue weighted by molar-refractivity contribution is 0.346. The van der Waals surface area contributed by atoms with Crippen LogP contribution in [0.2, 0.25) is 0 Å². The van der Waals surface area contributed by atoms with Gasteiger partial charge in [-0.2, -0.15) is 0 Å². The van der Waals surface area contributed by atoms with Gasteiger partial charge in [0, 0.05) is 0 Å². The lowest BCUT2D eigenvalue weighted by Crippen LogP contribution is -2.04. The minimum absolute atomic E-state index is 0.500. The van der Waals surface area contributed by atoms with Crippen LogP contribution in [0.5, 0.6) is 0 Å². The van der Waals surface area contributed by atoms with Crippen molar-refractivity contribution in [3.05, 3.63) is 0 Å².